The Labute approximate surface area is 59.9 Å². The summed E-state index contributed by atoms with van der Waals surface area (Å²) in [4.78, 5) is 1.99. The van der Waals surface area contributed by atoms with Gasteiger partial charge in [-0.3, -0.25) is 0 Å². The topological polar surface area (TPSA) is 42.2 Å². The van der Waals surface area contributed by atoms with E-state index in [4.69, 9.17) is 4.42 Å². The standard InChI is InChI=1S/C6H11N3O/c1-3-9(4-2)6-8-7-5-10-6/h5H,3-4H2,1-2H3. The van der Waals surface area contributed by atoms with Crippen LogP contribution in [0.3, 0.4) is 0 Å². The molecule has 10 heavy (non-hydrogen) atoms. The summed E-state index contributed by atoms with van der Waals surface area (Å²) in [5.74, 6) is 0. The van der Waals surface area contributed by atoms with Gasteiger partial charge in [-0.05, 0) is 13.8 Å². The summed E-state index contributed by atoms with van der Waals surface area (Å²) < 4.78 is 4.98. The third-order valence-electron chi connectivity index (χ3n) is 1.38. The van der Waals surface area contributed by atoms with Crippen molar-refractivity contribution in [3.8, 4) is 0 Å². The van der Waals surface area contributed by atoms with E-state index in [-0.39, 0.29) is 0 Å². The van der Waals surface area contributed by atoms with Crippen molar-refractivity contribution in [1.82, 2.24) is 10.2 Å². The highest BCUT2D eigenvalue weighted by atomic mass is 16.4. The molecule has 0 spiro atoms. The number of hydrogen-bond donors (Lipinski definition) is 0. The first-order chi connectivity index (χ1) is 4.88. The molecular formula is C6H11N3O. The second-order valence-corrected chi connectivity index (χ2v) is 1.89. The molecule has 0 bridgehead atoms. The van der Waals surface area contributed by atoms with Crippen molar-refractivity contribution in [2.24, 2.45) is 0 Å². The molecule has 56 valence electrons. The van der Waals surface area contributed by atoms with E-state index in [0.717, 1.165) is 13.1 Å². The molecule has 0 N–H and O–H groups in total. The van der Waals surface area contributed by atoms with Crippen molar-refractivity contribution >= 4 is 6.01 Å². The summed E-state index contributed by atoms with van der Waals surface area (Å²) in [6.45, 7) is 5.90. The van der Waals surface area contributed by atoms with Crippen molar-refractivity contribution in [3.63, 3.8) is 0 Å². The monoisotopic (exact) mass is 141 g/mol. The molecule has 0 radical (unpaired) electrons. The van der Waals surface area contributed by atoms with Crippen molar-refractivity contribution in [2.45, 2.75) is 13.8 Å². The maximum atomic E-state index is 4.98. The molecule has 4 heteroatoms. The normalized spacial score (nSPS) is 9.80. The van der Waals surface area contributed by atoms with Gasteiger partial charge in [0.2, 0.25) is 6.39 Å². The van der Waals surface area contributed by atoms with Gasteiger partial charge in [0.15, 0.2) is 0 Å². The molecule has 0 atom stereocenters. The minimum Gasteiger partial charge on any atom is -0.411 e. The summed E-state index contributed by atoms with van der Waals surface area (Å²) in [7, 11) is 0. The number of anilines is 1. The highest BCUT2D eigenvalue weighted by molar-refractivity contribution is 5.21. The number of hydrogen-bond acceptors (Lipinski definition) is 4. The van der Waals surface area contributed by atoms with Crippen LogP contribution in [0.15, 0.2) is 10.8 Å². The molecule has 0 aliphatic rings. The second-order valence-electron chi connectivity index (χ2n) is 1.89. The van der Waals surface area contributed by atoms with E-state index < -0.39 is 0 Å². The first-order valence-corrected chi connectivity index (χ1v) is 3.39. The zero-order valence-electron chi connectivity index (χ0n) is 6.24. The first-order valence-electron chi connectivity index (χ1n) is 3.39. The molecule has 1 aromatic rings. The van der Waals surface area contributed by atoms with Crippen molar-refractivity contribution in [3.05, 3.63) is 6.39 Å². The number of aromatic nitrogens is 2. The lowest BCUT2D eigenvalue weighted by atomic mass is 10.6. The highest BCUT2D eigenvalue weighted by Crippen LogP contribution is 2.06. The van der Waals surface area contributed by atoms with Gasteiger partial charge in [-0.1, -0.05) is 5.10 Å². The number of rotatable bonds is 3. The van der Waals surface area contributed by atoms with E-state index in [9.17, 15) is 0 Å². The fourth-order valence-corrected chi connectivity index (χ4v) is 0.799. The predicted octanol–water partition coefficient (Wildman–Crippen LogP) is 0.916. The van der Waals surface area contributed by atoms with Crippen LogP contribution in [0.1, 0.15) is 13.8 Å². The average Bonchev–Trinajstić information content (AvgIpc) is 2.43. The Kier molecular flexibility index (Phi) is 2.25. The van der Waals surface area contributed by atoms with Gasteiger partial charge >= 0.3 is 6.01 Å². The van der Waals surface area contributed by atoms with Crippen LogP contribution in [-0.2, 0) is 0 Å². The summed E-state index contributed by atoms with van der Waals surface area (Å²) in [6, 6.07) is 0.602. The van der Waals surface area contributed by atoms with Crippen LogP contribution >= 0.6 is 0 Å². The Hall–Kier alpha value is -1.06. The van der Waals surface area contributed by atoms with Crippen molar-refractivity contribution < 1.29 is 4.42 Å². The Bertz CT molecular complexity index is 169. The first kappa shape index (κ1) is 7.05. The lowest BCUT2D eigenvalue weighted by molar-refractivity contribution is 0.537. The molecule has 0 amide bonds. The quantitative estimate of drug-likeness (QED) is 0.627. The third-order valence-corrected chi connectivity index (χ3v) is 1.38. The fourth-order valence-electron chi connectivity index (χ4n) is 0.799. The van der Waals surface area contributed by atoms with Crippen molar-refractivity contribution in [1.29, 1.82) is 0 Å². The Morgan fingerprint density at radius 1 is 1.50 bits per heavy atom. The van der Waals surface area contributed by atoms with Crippen molar-refractivity contribution in [2.75, 3.05) is 18.0 Å². The van der Waals surface area contributed by atoms with Crippen LogP contribution in [0.2, 0.25) is 0 Å². The Morgan fingerprint density at radius 2 is 2.20 bits per heavy atom. The molecule has 4 nitrogen and oxygen atoms in total. The van der Waals surface area contributed by atoms with Crippen LogP contribution in [-0.4, -0.2) is 23.3 Å². The van der Waals surface area contributed by atoms with E-state index in [0.29, 0.717) is 6.01 Å². The van der Waals surface area contributed by atoms with Crippen LogP contribution in [0.25, 0.3) is 0 Å². The minimum absolute atomic E-state index is 0.602. The van der Waals surface area contributed by atoms with E-state index in [2.05, 4.69) is 10.2 Å². The SMILES string of the molecule is CCN(CC)c1nnco1. The third kappa shape index (κ3) is 1.26. The molecule has 1 heterocycles. The molecule has 1 aromatic heterocycles. The fraction of sp³-hybridized carbons (Fsp3) is 0.667. The van der Waals surface area contributed by atoms with Gasteiger partial charge in [-0.15, -0.1) is 5.10 Å². The van der Waals surface area contributed by atoms with E-state index in [1.165, 1.54) is 6.39 Å². The van der Waals surface area contributed by atoms with E-state index in [1.807, 2.05) is 18.7 Å². The predicted molar refractivity (Wildman–Crippen MR) is 37.9 cm³/mol. The van der Waals surface area contributed by atoms with Crippen LogP contribution in [0.4, 0.5) is 6.01 Å². The van der Waals surface area contributed by atoms with Crippen LogP contribution in [0.5, 0.6) is 0 Å². The van der Waals surface area contributed by atoms with Gasteiger partial charge in [0, 0.05) is 13.1 Å². The second kappa shape index (κ2) is 3.20. The van der Waals surface area contributed by atoms with Crippen LogP contribution < -0.4 is 4.90 Å². The number of nitrogens with zero attached hydrogens (tertiary/aromatic N) is 3. The molecule has 0 aromatic carbocycles. The Balaban J connectivity index is 2.64. The minimum atomic E-state index is 0.602. The van der Waals surface area contributed by atoms with E-state index in [1.54, 1.807) is 0 Å². The molecule has 0 saturated heterocycles. The molecule has 0 aliphatic heterocycles. The summed E-state index contributed by atoms with van der Waals surface area (Å²) in [5.41, 5.74) is 0. The van der Waals surface area contributed by atoms with E-state index >= 15 is 0 Å². The molecule has 0 aliphatic carbocycles. The largest absolute Gasteiger partial charge is 0.411 e. The zero-order chi connectivity index (χ0) is 7.40. The molecular weight excluding hydrogens is 130 g/mol. The molecule has 1 rings (SSSR count). The van der Waals surface area contributed by atoms with Gasteiger partial charge < -0.3 is 9.32 Å². The highest BCUT2D eigenvalue weighted by Gasteiger charge is 2.04. The average molecular weight is 141 g/mol. The lowest BCUT2D eigenvalue weighted by Gasteiger charge is -2.13. The van der Waals surface area contributed by atoms with Gasteiger partial charge in [-0.2, -0.15) is 0 Å². The van der Waals surface area contributed by atoms with Gasteiger partial charge in [0.1, 0.15) is 0 Å². The summed E-state index contributed by atoms with van der Waals surface area (Å²) in [6.07, 6.45) is 1.34. The Morgan fingerprint density at radius 3 is 2.60 bits per heavy atom. The van der Waals surface area contributed by atoms with Crippen LogP contribution in [0, 0.1) is 0 Å². The zero-order valence-corrected chi connectivity index (χ0v) is 6.24. The molecule has 0 unspecified atom stereocenters. The maximum Gasteiger partial charge on any atom is 0.317 e. The van der Waals surface area contributed by atoms with Gasteiger partial charge in [-0.25, -0.2) is 0 Å². The molecule has 0 saturated carbocycles. The lowest BCUT2D eigenvalue weighted by Crippen LogP contribution is -2.21. The summed E-state index contributed by atoms with van der Waals surface area (Å²) in [5, 5.41) is 7.35. The smallest absolute Gasteiger partial charge is 0.317 e. The summed E-state index contributed by atoms with van der Waals surface area (Å²) >= 11 is 0. The molecule has 0 fully saturated rings. The van der Waals surface area contributed by atoms with Gasteiger partial charge in [0.25, 0.3) is 0 Å². The van der Waals surface area contributed by atoms with Gasteiger partial charge in [0.05, 0.1) is 0 Å². The maximum absolute atomic E-state index is 4.98.